The summed E-state index contributed by atoms with van der Waals surface area (Å²) in [5, 5.41) is 18.6. The molecule has 20 heteroatoms. The highest BCUT2D eigenvalue weighted by Gasteiger charge is 2.53. The van der Waals surface area contributed by atoms with Gasteiger partial charge in [0.05, 0.1) is 4.92 Å². The fourth-order valence-electron chi connectivity index (χ4n) is 4.24. The van der Waals surface area contributed by atoms with Crippen LogP contribution in [-0.2, 0) is 42.0 Å². The fraction of sp³-hybridized carbons (Fsp3) is 0.214. The summed E-state index contributed by atoms with van der Waals surface area (Å²) in [6, 6.07) is 9.27. The normalized spacial score (nSPS) is 17.4. The van der Waals surface area contributed by atoms with Crippen molar-refractivity contribution in [2.75, 3.05) is 11.1 Å². The van der Waals surface area contributed by atoms with Gasteiger partial charge in [0.25, 0.3) is 17.5 Å². The third kappa shape index (κ3) is 7.77. The first-order valence-corrected chi connectivity index (χ1v) is 15.4. The number of ether oxygens (including phenoxy) is 1. The maximum atomic E-state index is 13.4. The summed E-state index contributed by atoms with van der Waals surface area (Å²) >= 11 is 1.78. The van der Waals surface area contributed by atoms with Gasteiger partial charge in [0.1, 0.15) is 41.8 Å². The van der Waals surface area contributed by atoms with Crippen LogP contribution < -0.4 is 10.6 Å². The van der Waals surface area contributed by atoms with Gasteiger partial charge in [0.15, 0.2) is 10.8 Å². The quantitative estimate of drug-likeness (QED) is 0.0745. The largest absolute Gasteiger partial charge is 0.471 e. The highest BCUT2D eigenvalue weighted by atomic mass is 32.2. The predicted molar refractivity (Wildman–Crippen MR) is 161 cm³/mol. The number of anilines is 1. The van der Waals surface area contributed by atoms with E-state index in [1.165, 1.54) is 54.2 Å². The summed E-state index contributed by atoms with van der Waals surface area (Å²) in [5.41, 5.74) is -0.129. The molecule has 2 aliphatic heterocycles. The van der Waals surface area contributed by atoms with Crippen LogP contribution >= 0.6 is 23.1 Å². The van der Waals surface area contributed by atoms with E-state index >= 15 is 0 Å². The van der Waals surface area contributed by atoms with Crippen LogP contribution in [0.1, 0.15) is 16.8 Å². The fourth-order valence-corrected chi connectivity index (χ4v) is 6.13. The Balaban J connectivity index is 1.26. The van der Waals surface area contributed by atoms with Crippen molar-refractivity contribution in [1.29, 1.82) is 0 Å². The minimum absolute atomic E-state index is 0.0720. The molecule has 0 spiro atoms. The molecule has 0 bridgehead atoms. The number of nitro groups is 1. The molecule has 2 atom stereocenters. The number of nitro benzene ring substituents is 1. The van der Waals surface area contributed by atoms with Gasteiger partial charge in [-0.2, -0.15) is 13.2 Å². The molecule has 5 rings (SSSR count). The Morgan fingerprint density at radius 3 is 2.42 bits per heavy atom. The van der Waals surface area contributed by atoms with Crippen LogP contribution in [0.4, 0.5) is 28.4 Å². The summed E-state index contributed by atoms with van der Waals surface area (Å²) < 4.78 is 56.7. The number of oxime groups is 1. The zero-order valence-corrected chi connectivity index (χ0v) is 25.6. The third-order valence-electron chi connectivity index (χ3n) is 6.60. The van der Waals surface area contributed by atoms with E-state index in [-0.39, 0.29) is 36.0 Å². The Hall–Kier alpha value is -5.37. The molecule has 1 aromatic heterocycles. The molecule has 250 valence electrons. The molecular formula is C28H20F4N6O8S2. The molecule has 1 unspecified atom stereocenters. The summed E-state index contributed by atoms with van der Waals surface area (Å²) in [7, 11) is 0. The van der Waals surface area contributed by atoms with E-state index in [4.69, 9.17) is 9.57 Å². The molecule has 3 heterocycles. The van der Waals surface area contributed by atoms with Gasteiger partial charge in [-0.3, -0.25) is 34.7 Å². The van der Waals surface area contributed by atoms with Gasteiger partial charge in [0.2, 0.25) is 0 Å². The van der Waals surface area contributed by atoms with Crippen molar-refractivity contribution < 1.29 is 51.2 Å². The third-order valence-corrected chi connectivity index (χ3v) is 8.54. The highest BCUT2D eigenvalue weighted by molar-refractivity contribution is 8.00. The lowest BCUT2D eigenvalue weighted by Gasteiger charge is -2.48. The van der Waals surface area contributed by atoms with Crippen molar-refractivity contribution in [3.63, 3.8) is 0 Å². The van der Waals surface area contributed by atoms with Crippen molar-refractivity contribution in [3.05, 3.63) is 98.4 Å². The van der Waals surface area contributed by atoms with Crippen LogP contribution in [0, 0.1) is 15.9 Å². The first-order valence-electron chi connectivity index (χ1n) is 13.5. The Labute approximate surface area is 274 Å². The number of β-lactam (4-membered cyclic amide) rings is 1. The molecule has 2 aliphatic rings. The number of amides is 3. The first-order chi connectivity index (χ1) is 22.8. The molecule has 2 aromatic carbocycles. The smallest absolute Gasteiger partial charge is 0.456 e. The van der Waals surface area contributed by atoms with Crippen LogP contribution in [0.25, 0.3) is 0 Å². The van der Waals surface area contributed by atoms with E-state index in [0.717, 1.165) is 22.4 Å². The lowest BCUT2D eigenvalue weighted by atomic mass is 10.0. The maximum Gasteiger partial charge on any atom is 0.471 e. The molecule has 0 radical (unpaired) electrons. The number of non-ortho nitro benzene ring substituents is 1. The number of carbonyl (C=O) groups excluding carboxylic acids is 4. The molecule has 3 aromatic rings. The lowest BCUT2D eigenvalue weighted by Crippen LogP contribution is -2.70. The second-order valence-corrected chi connectivity index (χ2v) is 11.8. The number of nitrogens with one attached hydrogen (secondary N) is 2. The Bertz CT molecular complexity index is 1820. The van der Waals surface area contributed by atoms with Crippen LogP contribution in [0.2, 0.25) is 0 Å². The molecule has 14 nitrogen and oxygen atoms in total. The highest BCUT2D eigenvalue weighted by Crippen LogP contribution is 2.38. The minimum atomic E-state index is -5.20. The number of benzene rings is 2. The summed E-state index contributed by atoms with van der Waals surface area (Å²) in [5.74, 6) is -5.06. The molecule has 2 N–H and O–H groups in total. The monoisotopic (exact) mass is 708 g/mol. The molecule has 48 heavy (non-hydrogen) atoms. The maximum absolute atomic E-state index is 13.4. The minimum Gasteiger partial charge on any atom is -0.456 e. The van der Waals surface area contributed by atoms with E-state index in [0.29, 0.717) is 22.5 Å². The van der Waals surface area contributed by atoms with E-state index in [2.05, 4.69) is 15.5 Å². The molecule has 1 saturated heterocycles. The van der Waals surface area contributed by atoms with Gasteiger partial charge in [-0.25, -0.2) is 14.2 Å². The number of thioether (sulfide) groups is 1. The Morgan fingerprint density at radius 2 is 1.75 bits per heavy atom. The first kappa shape index (κ1) is 34.0. The average molecular weight is 709 g/mol. The summed E-state index contributed by atoms with van der Waals surface area (Å²) in [4.78, 5) is 71.2. The second-order valence-electron chi connectivity index (χ2n) is 9.80. The summed E-state index contributed by atoms with van der Waals surface area (Å²) in [6.07, 6.45) is -3.73. The van der Waals surface area contributed by atoms with Gasteiger partial charge >= 0.3 is 18.1 Å². The molecular weight excluding hydrogens is 688 g/mol. The summed E-state index contributed by atoms with van der Waals surface area (Å²) in [6.45, 7) is -0.478. The van der Waals surface area contributed by atoms with Crippen molar-refractivity contribution in [3.8, 4) is 0 Å². The van der Waals surface area contributed by atoms with Crippen molar-refractivity contribution in [2.24, 2.45) is 5.16 Å². The number of fused-ring (bicyclic) bond motifs is 1. The molecule has 3 amide bonds. The van der Waals surface area contributed by atoms with E-state index < -0.39 is 62.9 Å². The SMILES string of the molecule is O=C(OCc1ccc([N+](=O)[O-])cc1)C1=CCS[C@@H]2C(NC(=O)/C(=N\OCc3ccc(F)cc3)c3csc(NC(=O)C(F)(F)F)n3)C(=O)N12. The molecule has 0 aliphatic carbocycles. The predicted octanol–water partition coefficient (Wildman–Crippen LogP) is 3.64. The van der Waals surface area contributed by atoms with Gasteiger partial charge in [0, 0.05) is 23.3 Å². The van der Waals surface area contributed by atoms with Crippen molar-refractivity contribution in [1.82, 2.24) is 15.2 Å². The van der Waals surface area contributed by atoms with Crippen LogP contribution in [-0.4, -0.2) is 67.6 Å². The molecule has 0 saturated carbocycles. The van der Waals surface area contributed by atoms with Crippen LogP contribution in [0.3, 0.4) is 0 Å². The number of rotatable bonds is 11. The van der Waals surface area contributed by atoms with Crippen molar-refractivity contribution >= 4 is 63.3 Å². The average Bonchev–Trinajstić information content (AvgIpc) is 3.52. The number of alkyl halides is 3. The number of esters is 1. The van der Waals surface area contributed by atoms with Crippen LogP contribution in [0.15, 0.2) is 70.8 Å². The van der Waals surface area contributed by atoms with Gasteiger partial charge in [-0.05, 0) is 41.5 Å². The number of thiazole rings is 1. The number of hydrogen-bond donors (Lipinski definition) is 2. The number of hydrogen-bond acceptors (Lipinski definition) is 12. The number of aromatic nitrogens is 1. The second kappa shape index (κ2) is 14.2. The zero-order chi connectivity index (χ0) is 34.6. The lowest BCUT2D eigenvalue weighted by molar-refractivity contribution is -0.384. The standard InChI is InChI=1S/C28H20F4N6O8S2/c29-16-5-1-15(2-6-16)12-46-36-20(18-13-48-27(33-18)35-26(42)28(30,31)32)22(39)34-21-23(40)37-19(9-10-47-24(21)37)25(41)45-11-14-3-7-17(8-4-14)38(43)44/h1-9,13,21,24H,10-12H2,(H,34,39)(H,33,35,42)/b36-20-/t21?,24-/m1/s1. The van der Waals surface area contributed by atoms with E-state index in [1.54, 1.807) is 5.32 Å². The number of halogens is 4. The number of nitrogens with zero attached hydrogens (tertiary/aromatic N) is 4. The topological polar surface area (TPSA) is 182 Å². The molecule has 1 fully saturated rings. The van der Waals surface area contributed by atoms with Gasteiger partial charge < -0.3 is 14.9 Å². The Morgan fingerprint density at radius 1 is 1.08 bits per heavy atom. The van der Waals surface area contributed by atoms with Gasteiger partial charge in [-0.15, -0.1) is 23.1 Å². The number of carbonyl (C=O) groups is 4. The van der Waals surface area contributed by atoms with E-state index in [9.17, 15) is 46.9 Å². The van der Waals surface area contributed by atoms with E-state index in [1.807, 2.05) is 0 Å². The zero-order valence-electron chi connectivity index (χ0n) is 23.9. The Kier molecular flexibility index (Phi) is 10.0. The van der Waals surface area contributed by atoms with Crippen molar-refractivity contribution in [2.45, 2.75) is 30.8 Å². The van der Waals surface area contributed by atoms with Gasteiger partial charge in [-0.1, -0.05) is 17.3 Å². The van der Waals surface area contributed by atoms with Crippen LogP contribution in [0.5, 0.6) is 0 Å².